The van der Waals surface area contributed by atoms with Crippen molar-refractivity contribution in [3.05, 3.63) is 54.1 Å². The van der Waals surface area contributed by atoms with Gasteiger partial charge < -0.3 is 15.5 Å². The molecule has 1 unspecified atom stereocenters. The monoisotopic (exact) mass is 273 g/mol. The van der Waals surface area contributed by atoms with E-state index in [-0.39, 0.29) is 12.6 Å². The number of carbonyl (C=O) groups is 1. The minimum absolute atomic E-state index is 0.269. The molecule has 0 bridgehead atoms. The first-order valence-electron chi connectivity index (χ1n) is 6.70. The van der Waals surface area contributed by atoms with Gasteiger partial charge in [-0.25, -0.2) is 4.98 Å². The number of aromatic amines is 1. The van der Waals surface area contributed by atoms with E-state index >= 15 is 0 Å². The summed E-state index contributed by atoms with van der Waals surface area (Å²) >= 11 is 0. The van der Waals surface area contributed by atoms with Crippen LogP contribution in [0.3, 0.4) is 0 Å². The molecule has 0 aliphatic carbocycles. The van der Waals surface area contributed by atoms with Crippen LogP contribution in [0.4, 0.5) is 0 Å². The van der Waals surface area contributed by atoms with Gasteiger partial charge in [0.2, 0.25) is 0 Å². The number of aromatic nitrogens is 2. The van der Waals surface area contributed by atoms with Gasteiger partial charge in [0.05, 0.1) is 0 Å². The van der Waals surface area contributed by atoms with E-state index < -0.39 is 6.04 Å². The fourth-order valence-electron chi connectivity index (χ4n) is 1.88. The van der Waals surface area contributed by atoms with Gasteiger partial charge in [-0.15, -0.1) is 0 Å². The molecular weight excluding hydrogens is 254 g/mol. The molecule has 5 nitrogen and oxygen atoms in total. The van der Waals surface area contributed by atoms with Gasteiger partial charge >= 0.3 is 5.97 Å². The Labute approximate surface area is 118 Å². The molecule has 106 valence electrons. The van der Waals surface area contributed by atoms with Crippen LogP contribution in [0, 0.1) is 0 Å². The maximum absolute atomic E-state index is 11.7. The number of H-pyrrole nitrogens is 1. The lowest BCUT2D eigenvalue weighted by molar-refractivity contribution is -0.146. The minimum atomic E-state index is -0.575. The van der Waals surface area contributed by atoms with Crippen molar-refractivity contribution in [2.45, 2.75) is 31.9 Å². The second kappa shape index (κ2) is 7.45. The van der Waals surface area contributed by atoms with Gasteiger partial charge in [0.1, 0.15) is 18.5 Å². The third kappa shape index (κ3) is 4.51. The van der Waals surface area contributed by atoms with Gasteiger partial charge in [0, 0.05) is 18.8 Å². The van der Waals surface area contributed by atoms with Gasteiger partial charge in [-0.1, -0.05) is 30.3 Å². The smallest absolute Gasteiger partial charge is 0.323 e. The van der Waals surface area contributed by atoms with Crippen LogP contribution in [0.25, 0.3) is 0 Å². The average Bonchev–Trinajstić information content (AvgIpc) is 2.99. The van der Waals surface area contributed by atoms with Gasteiger partial charge in [-0.05, 0) is 18.4 Å². The molecule has 0 saturated carbocycles. The molecule has 1 aromatic heterocycles. The first-order valence-corrected chi connectivity index (χ1v) is 6.70. The number of nitrogens with zero attached hydrogens (tertiary/aromatic N) is 1. The first kappa shape index (κ1) is 14.3. The molecule has 0 saturated heterocycles. The van der Waals surface area contributed by atoms with Gasteiger partial charge in [0.25, 0.3) is 0 Å². The second-order valence-corrected chi connectivity index (χ2v) is 4.63. The molecule has 1 heterocycles. The summed E-state index contributed by atoms with van der Waals surface area (Å²) in [5.74, 6) is 0.558. The zero-order valence-electron chi connectivity index (χ0n) is 11.3. The van der Waals surface area contributed by atoms with Crippen molar-refractivity contribution < 1.29 is 9.53 Å². The van der Waals surface area contributed by atoms with E-state index in [9.17, 15) is 4.79 Å². The molecule has 1 atom stereocenters. The van der Waals surface area contributed by atoms with Crippen molar-refractivity contribution >= 4 is 5.97 Å². The van der Waals surface area contributed by atoms with E-state index in [4.69, 9.17) is 10.5 Å². The van der Waals surface area contributed by atoms with Crippen LogP contribution in [-0.4, -0.2) is 22.0 Å². The molecule has 2 aromatic rings. The predicted octanol–water partition coefficient (Wildman–Crippen LogP) is 1.80. The third-order valence-electron chi connectivity index (χ3n) is 3.01. The molecule has 0 radical (unpaired) electrons. The molecule has 0 aliphatic heterocycles. The number of nitrogens with one attached hydrogen (secondary N) is 1. The maximum Gasteiger partial charge on any atom is 0.323 e. The van der Waals surface area contributed by atoms with Crippen molar-refractivity contribution in [2.24, 2.45) is 5.73 Å². The van der Waals surface area contributed by atoms with Crippen LogP contribution < -0.4 is 5.73 Å². The van der Waals surface area contributed by atoms with Crippen LogP contribution in [0.1, 0.15) is 24.2 Å². The number of hydrogen-bond donors (Lipinski definition) is 2. The highest BCUT2D eigenvalue weighted by Crippen LogP contribution is 2.05. The zero-order valence-corrected chi connectivity index (χ0v) is 11.3. The number of rotatable bonds is 7. The second-order valence-electron chi connectivity index (χ2n) is 4.63. The summed E-state index contributed by atoms with van der Waals surface area (Å²) in [5.41, 5.74) is 6.78. The van der Waals surface area contributed by atoms with Crippen molar-refractivity contribution in [1.82, 2.24) is 9.97 Å². The van der Waals surface area contributed by atoms with E-state index in [0.717, 1.165) is 24.2 Å². The van der Waals surface area contributed by atoms with Gasteiger partial charge in [-0.2, -0.15) is 0 Å². The highest BCUT2D eigenvalue weighted by atomic mass is 16.5. The van der Waals surface area contributed by atoms with Crippen molar-refractivity contribution in [2.75, 3.05) is 0 Å². The Morgan fingerprint density at radius 2 is 2.15 bits per heavy atom. The quantitative estimate of drug-likeness (QED) is 0.754. The Morgan fingerprint density at radius 1 is 1.35 bits per heavy atom. The van der Waals surface area contributed by atoms with Gasteiger partial charge in [-0.3, -0.25) is 4.79 Å². The normalized spacial score (nSPS) is 12.1. The van der Waals surface area contributed by atoms with Crippen molar-refractivity contribution in [3.63, 3.8) is 0 Å². The molecule has 0 fully saturated rings. The number of imidazole rings is 1. The lowest BCUT2D eigenvalue weighted by atomic mass is 10.1. The molecule has 20 heavy (non-hydrogen) atoms. The summed E-state index contributed by atoms with van der Waals surface area (Å²) in [4.78, 5) is 18.9. The standard InChI is InChI=1S/C15H19N3O2/c16-13(7-4-8-14-17-9-10-18-14)15(19)20-11-12-5-2-1-3-6-12/h1-3,5-6,9-10,13H,4,7-8,11,16H2,(H,17,18). The lowest BCUT2D eigenvalue weighted by Crippen LogP contribution is -2.32. The van der Waals surface area contributed by atoms with Crippen molar-refractivity contribution in [3.8, 4) is 0 Å². The summed E-state index contributed by atoms with van der Waals surface area (Å²) in [5, 5.41) is 0. The predicted molar refractivity (Wildman–Crippen MR) is 75.7 cm³/mol. The average molecular weight is 273 g/mol. The first-order chi connectivity index (χ1) is 9.75. The number of benzene rings is 1. The lowest BCUT2D eigenvalue weighted by Gasteiger charge is -2.11. The highest BCUT2D eigenvalue weighted by molar-refractivity contribution is 5.75. The molecule has 0 amide bonds. The largest absolute Gasteiger partial charge is 0.460 e. The summed E-state index contributed by atoms with van der Waals surface area (Å²) in [6, 6.07) is 8.99. The highest BCUT2D eigenvalue weighted by Gasteiger charge is 2.14. The molecule has 3 N–H and O–H groups in total. The molecule has 0 aliphatic rings. The fraction of sp³-hybridized carbons (Fsp3) is 0.333. The van der Waals surface area contributed by atoms with E-state index in [0.29, 0.717) is 6.42 Å². The Balaban J connectivity index is 1.66. The Morgan fingerprint density at radius 3 is 2.85 bits per heavy atom. The number of esters is 1. The summed E-state index contributed by atoms with van der Waals surface area (Å²) in [6.07, 6.45) is 5.67. The minimum Gasteiger partial charge on any atom is -0.460 e. The van der Waals surface area contributed by atoms with Crippen LogP contribution in [0.15, 0.2) is 42.7 Å². The fourth-order valence-corrected chi connectivity index (χ4v) is 1.88. The topological polar surface area (TPSA) is 81.0 Å². The SMILES string of the molecule is NC(CCCc1ncc[nH]1)C(=O)OCc1ccccc1. The van der Waals surface area contributed by atoms with E-state index in [1.54, 1.807) is 12.4 Å². The van der Waals surface area contributed by atoms with Crippen LogP contribution in [0.5, 0.6) is 0 Å². The van der Waals surface area contributed by atoms with E-state index in [1.165, 1.54) is 0 Å². The van der Waals surface area contributed by atoms with Crippen LogP contribution in [0.2, 0.25) is 0 Å². The molecule has 2 rings (SSSR count). The van der Waals surface area contributed by atoms with E-state index in [2.05, 4.69) is 9.97 Å². The zero-order chi connectivity index (χ0) is 14.2. The number of ether oxygens (including phenoxy) is 1. The Bertz CT molecular complexity index is 511. The molecule has 0 spiro atoms. The number of nitrogens with two attached hydrogens (primary N) is 1. The van der Waals surface area contributed by atoms with Crippen LogP contribution in [-0.2, 0) is 22.6 Å². The number of aryl methyl sites for hydroxylation is 1. The molecule has 1 aromatic carbocycles. The maximum atomic E-state index is 11.7. The molecular formula is C15H19N3O2. The molecule has 5 heteroatoms. The number of carbonyl (C=O) groups excluding carboxylic acids is 1. The Hall–Kier alpha value is -2.14. The Kier molecular flexibility index (Phi) is 5.32. The summed E-state index contributed by atoms with van der Waals surface area (Å²) < 4.78 is 5.19. The van der Waals surface area contributed by atoms with E-state index in [1.807, 2.05) is 30.3 Å². The van der Waals surface area contributed by atoms with Gasteiger partial charge in [0.15, 0.2) is 0 Å². The summed E-state index contributed by atoms with van der Waals surface area (Å²) in [7, 11) is 0. The van der Waals surface area contributed by atoms with Crippen molar-refractivity contribution in [1.29, 1.82) is 0 Å². The van der Waals surface area contributed by atoms with Crippen LogP contribution >= 0.6 is 0 Å². The summed E-state index contributed by atoms with van der Waals surface area (Å²) in [6.45, 7) is 0.269. The number of hydrogen-bond acceptors (Lipinski definition) is 4. The third-order valence-corrected chi connectivity index (χ3v) is 3.01.